The van der Waals surface area contributed by atoms with Crippen LogP contribution in [0.2, 0.25) is 0 Å². The second-order valence-electron chi connectivity index (χ2n) is 6.10. The second-order valence-corrected chi connectivity index (χ2v) is 6.90. The lowest BCUT2D eigenvalue weighted by molar-refractivity contribution is -0.384. The molecule has 0 N–H and O–H groups in total. The average molecular weight is 413 g/mol. The molecule has 0 aromatic heterocycles. The molecule has 0 saturated heterocycles. The zero-order valence-corrected chi connectivity index (χ0v) is 16.3. The van der Waals surface area contributed by atoms with E-state index in [-0.39, 0.29) is 29.9 Å². The van der Waals surface area contributed by atoms with E-state index in [0.717, 1.165) is 11.1 Å². The van der Waals surface area contributed by atoms with Gasteiger partial charge in [0.2, 0.25) is 5.91 Å². The van der Waals surface area contributed by atoms with Crippen LogP contribution < -0.4 is 4.90 Å². The zero-order valence-electron chi connectivity index (χ0n) is 14.7. The van der Waals surface area contributed by atoms with Gasteiger partial charge in [0.1, 0.15) is 5.69 Å². The summed E-state index contributed by atoms with van der Waals surface area (Å²) in [6.45, 7) is 7.33. The van der Waals surface area contributed by atoms with Crippen LogP contribution in [0.15, 0.2) is 4.47 Å². The third-order valence-electron chi connectivity index (χ3n) is 4.54. The molecule has 25 heavy (non-hydrogen) atoms. The number of esters is 1. The molecule has 0 fully saturated rings. The standard InChI is InChI=1S/C17H21BrN2O5/c1-5-25-13(22)7-6-12-8-19(11(4)21)17-14(12)9(2)15(18)10(3)16(17)20(23)24/h12H,5-8H2,1-4H3. The maximum Gasteiger partial charge on any atom is 0.305 e. The number of rotatable bonds is 5. The Hall–Kier alpha value is -1.96. The molecule has 0 saturated carbocycles. The predicted octanol–water partition coefficient (Wildman–Crippen LogP) is 3.77. The number of hydrogen-bond acceptors (Lipinski definition) is 5. The molecule has 8 heteroatoms. The Kier molecular flexibility index (Phi) is 5.82. The Bertz CT molecular complexity index is 747. The van der Waals surface area contributed by atoms with Crippen LogP contribution in [0.5, 0.6) is 0 Å². The number of carbonyl (C=O) groups is 2. The summed E-state index contributed by atoms with van der Waals surface area (Å²) in [6.07, 6.45) is 0.686. The van der Waals surface area contributed by atoms with E-state index < -0.39 is 4.92 Å². The molecule has 7 nitrogen and oxygen atoms in total. The summed E-state index contributed by atoms with van der Waals surface area (Å²) in [6, 6.07) is 0. The molecule has 136 valence electrons. The SMILES string of the molecule is CCOC(=O)CCC1CN(C(C)=O)c2c1c(C)c(Br)c(C)c2[N+](=O)[O-]. The van der Waals surface area contributed by atoms with Crippen LogP contribution in [0.3, 0.4) is 0 Å². The zero-order chi connectivity index (χ0) is 18.9. The summed E-state index contributed by atoms with van der Waals surface area (Å²) in [7, 11) is 0. The molecule has 0 aliphatic carbocycles. The highest BCUT2D eigenvalue weighted by Crippen LogP contribution is 2.50. The summed E-state index contributed by atoms with van der Waals surface area (Å²) in [5.41, 5.74) is 2.45. The van der Waals surface area contributed by atoms with Gasteiger partial charge in [-0.3, -0.25) is 19.7 Å². The van der Waals surface area contributed by atoms with Gasteiger partial charge < -0.3 is 9.64 Å². The number of carbonyl (C=O) groups excluding carboxylic acids is 2. The van der Waals surface area contributed by atoms with E-state index in [4.69, 9.17) is 4.74 Å². The number of ether oxygens (including phenoxy) is 1. The number of benzene rings is 1. The predicted molar refractivity (Wildman–Crippen MR) is 96.9 cm³/mol. The molecular formula is C17H21BrN2O5. The topological polar surface area (TPSA) is 89.8 Å². The van der Waals surface area contributed by atoms with Crippen LogP contribution in [0.1, 0.15) is 49.3 Å². The summed E-state index contributed by atoms with van der Waals surface area (Å²) >= 11 is 3.44. The van der Waals surface area contributed by atoms with E-state index >= 15 is 0 Å². The lowest BCUT2D eigenvalue weighted by Crippen LogP contribution is -2.27. The molecule has 1 aliphatic rings. The largest absolute Gasteiger partial charge is 0.466 e. The average Bonchev–Trinajstić information content (AvgIpc) is 2.90. The van der Waals surface area contributed by atoms with Gasteiger partial charge in [0.05, 0.1) is 11.5 Å². The highest BCUT2D eigenvalue weighted by molar-refractivity contribution is 9.10. The van der Waals surface area contributed by atoms with Gasteiger partial charge in [-0.2, -0.15) is 0 Å². The van der Waals surface area contributed by atoms with Crippen LogP contribution in [-0.2, 0) is 14.3 Å². The Morgan fingerprint density at radius 1 is 1.36 bits per heavy atom. The normalized spacial score (nSPS) is 15.9. The Balaban J connectivity index is 2.54. The molecule has 0 radical (unpaired) electrons. The lowest BCUT2D eigenvalue weighted by atomic mass is 9.90. The summed E-state index contributed by atoms with van der Waals surface area (Å²) in [4.78, 5) is 36.4. The summed E-state index contributed by atoms with van der Waals surface area (Å²) in [5, 5.41) is 11.6. The van der Waals surface area contributed by atoms with E-state index in [1.165, 1.54) is 11.8 Å². The molecule has 1 atom stereocenters. The van der Waals surface area contributed by atoms with Crippen molar-refractivity contribution in [2.24, 2.45) is 0 Å². The third kappa shape index (κ3) is 3.53. The first-order chi connectivity index (χ1) is 11.7. The van der Waals surface area contributed by atoms with Gasteiger partial charge in [-0.1, -0.05) is 0 Å². The fourth-order valence-electron chi connectivity index (χ4n) is 3.43. The van der Waals surface area contributed by atoms with Crippen molar-refractivity contribution >= 4 is 39.2 Å². The first kappa shape index (κ1) is 19.4. The van der Waals surface area contributed by atoms with Crippen molar-refractivity contribution < 1.29 is 19.2 Å². The van der Waals surface area contributed by atoms with Gasteiger partial charge in [-0.25, -0.2) is 0 Å². The minimum Gasteiger partial charge on any atom is -0.466 e. The van der Waals surface area contributed by atoms with Crippen LogP contribution >= 0.6 is 15.9 Å². The first-order valence-corrected chi connectivity index (χ1v) is 8.90. The molecule has 1 aromatic carbocycles. The number of amides is 1. The van der Waals surface area contributed by atoms with E-state index in [2.05, 4.69) is 15.9 Å². The molecule has 1 amide bonds. The molecule has 2 rings (SSSR count). The number of nitrogens with zero attached hydrogens (tertiary/aromatic N) is 2. The van der Waals surface area contributed by atoms with Crippen molar-refractivity contribution in [1.82, 2.24) is 0 Å². The molecule has 1 aromatic rings. The van der Waals surface area contributed by atoms with Crippen LogP contribution in [-0.4, -0.2) is 30.0 Å². The number of anilines is 1. The molecule has 1 unspecified atom stereocenters. The van der Waals surface area contributed by atoms with Gasteiger partial charge in [0.15, 0.2) is 0 Å². The maximum absolute atomic E-state index is 12.1. The van der Waals surface area contributed by atoms with Crippen LogP contribution in [0.4, 0.5) is 11.4 Å². The molecule has 0 bridgehead atoms. The number of nitro benzene ring substituents is 1. The number of fused-ring (bicyclic) bond motifs is 1. The number of halogens is 1. The van der Waals surface area contributed by atoms with Gasteiger partial charge in [0.25, 0.3) is 5.69 Å². The van der Waals surface area contributed by atoms with Crippen molar-refractivity contribution in [3.63, 3.8) is 0 Å². The monoisotopic (exact) mass is 412 g/mol. The van der Waals surface area contributed by atoms with E-state index in [1.54, 1.807) is 13.8 Å². The Morgan fingerprint density at radius 3 is 2.52 bits per heavy atom. The lowest BCUT2D eigenvalue weighted by Gasteiger charge is -2.17. The minimum absolute atomic E-state index is 0.0543. The van der Waals surface area contributed by atoms with Crippen molar-refractivity contribution in [3.8, 4) is 0 Å². The van der Waals surface area contributed by atoms with Crippen molar-refractivity contribution in [2.75, 3.05) is 18.1 Å². The first-order valence-electron chi connectivity index (χ1n) is 8.11. The molecule has 0 spiro atoms. The van der Waals surface area contributed by atoms with Gasteiger partial charge in [-0.05, 0) is 54.2 Å². The maximum atomic E-state index is 12.1. The van der Waals surface area contributed by atoms with Crippen molar-refractivity contribution in [1.29, 1.82) is 0 Å². The molecule has 1 aliphatic heterocycles. The smallest absolute Gasteiger partial charge is 0.305 e. The number of hydrogen-bond donors (Lipinski definition) is 0. The van der Waals surface area contributed by atoms with E-state index in [1.807, 2.05) is 6.92 Å². The second kappa shape index (κ2) is 7.51. The van der Waals surface area contributed by atoms with E-state index in [9.17, 15) is 19.7 Å². The van der Waals surface area contributed by atoms with Crippen molar-refractivity contribution in [3.05, 3.63) is 31.3 Å². The highest BCUT2D eigenvalue weighted by Gasteiger charge is 2.40. The fourth-order valence-corrected chi connectivity index (χ4v) is 3.83. The van der Waals surface area contributed by atoms with Gasteiger partial charge in [-0.15, -0.1) is 0 Å². The van der Waals surface area contributed by atoms with Crippen LogP contribution in [0.25, 0.3) is 0 Å². The van der Waals surface area contributed by atoms with E-state index in [0.29, 0.717) is 35.3 Å². The molecule has 1 heterocycles. The summed E-state index contributed by atoms with van der Waals surface area (Å²) in [5.74, 6) is -0.688. The van der Waals surface area contributed by atoms with Gasteiger partial charge >= 0.3 is 5.97 Å². The third-order valence-corrected chi connectivity index (χ3v) is 5.73. The van der Waals surface area contributed by atoms with Gasteiger partial charge in [0, 0.05) is 35.8 Å². The van der Waals surface area contributed by atoms with Crippen LogP contribution in [0, 0.1) is 24.0 Å². The summed E-state index contributed by atoms with van der Waals surface area (Å²) < 4.78 is 5.63. The Labute approximate surface area is 154 Å². The van der Waals surface area contributed by atoms with Crippen molar-refractivity contribution in [2.45, 2.75) is 46.5 Å². The number of nitro groups is 1. The minimum atomic E-state index is -0.442. The molecular weight excluding hydrogens is 392 g/mol. The Morgan fingerprint density at radius 2 is 2.00 bits per heavy atom. The highest BCUT2D eigenvalue weighted by atomic mass is 79.9. The fraction of sp³-hybridized carbons (Fsp3) is 0.529. The quantitative estimate of drug-likeness (QED) is 0.417.